The number of nitrogens with zero attached hydrogens (tertiary/aromatic N) is 3. The first kappa shape index (κ1) is 29.1. The molecule has 2 aromatic carbocycles. The van der Waals surface area contributed by atoms with Crippen LogP contribution in [0, 0.1) is 0 Å². The summed E-state index contributed by atoms with van der Waals surface area (Å²) in [5.74, 6) is -0.202. The van der Waals surface area contributed by atoms with Crippen LogP contribution in [0.4, 0.5) is 5.69 Å². The highest BCUT2D eigenvalue weighted by molar-refractivity contribution is 7.09. The Bertz CT molecular complexity index is 1190. The number of carbonyl (C=O) groups is 2. The normalized spacial score (nSPS) is 14.5. The van der Waals surface area contributed by atoms with Crippen LogP contribution < -0.4 is 15.5 Å². The third-order valence-corrected chi connectivity index (χ3v) is 8.00. The highest BCUT2D eigenvalue weighted by Gasteiger charge is 2.29. The molecule has 0 unspecified atom stereocenters. The first-order valence-electron chi connectivity index (χ1n) is 13.4. The van der Waals surface area contributed by atoms with E-state index in [9.17, 15) is 9.59 Å². The first-order chi connectivity index (χ1) is 18.9. The summed E-state index contributed by atoms with van der Waals surface area (Å²) in [6.45, 7) is 4.69. The average molecular weight is 568 g/mol. The van der Waals surface area contributed by atoms with E-state index in [0.29, 0.717) is 24.5 Å². The second-order valence-corrected chi connectivity index (χ2v) is 11.6. The standard InChI is InChI=1S/C30H38ClN5O2S/c1-34(2)22-29(37)33-27(20-23-9-11-25(31)12-10-23)30(38)36-17-15-35(16-18-36)28-8-4-3-6-24(28)21-32-14-13-26-7-5-19-39-26/h3-12,19,27,32H,13-18,20-22H2,1-2H3,(H,33,37)/t27-/m1/s1. The molecule has 4 rings (SSSR count). The van der Waals surface area contributed by atoms with Crippen LogP contribution in [0.5, 0.6) is 0 Å². The summed E-state index contributed by atoms with van der Waals surface area (Å²) in [6.07, 6.45) is 1.46. The number of anilines is 1. The van der Waals surface area contributed by atoms with Crippen molar-refractivity contribution in [2.24, 2.45) is 0 Å². The van der Waals surface area contributed by atoms with Gasteiger partial charge in [-0.1, -0.05) is 48.0 Å². The van der Waals surface area contributed by atoms with Gasteiger partial charge in [0.15, 0.2) is 0 Å². The van der Waals surface area contributed by atoms with Crippen LogP contribution in [0.15, 0.2) is 66.0 Å². The minimum absolute atomic E-state index is 0.0414. The fraction of sp³-hybridized carbons (Fsp3) is 0.400. The van der Waals surface area contributed by atoms with Crippen LogP contribution in [0.1, 0.15) is 16.0 Å². The average Bonchev–Trinajstić information content (AvgIpc) is 3.45. The quantitative estimate of drug-likeness (QED) is 0.327. The zero-order chi connectivity index (χ0) is 27.6. The molecule has 7 nitrogen and oxygen atoms in total. The van der Waals surface area contributed by atoms with Gasteiger partial charge in [0.2, 0.25) is 11.8 Å². The Kier molecular flexibility index (Phi) is 10.8. The number of rotatable bonds is 12. The third-order valence-electron chi connectivity index (χ3n) is 6.81. The van der Waals surface area contributed by atoms with Gasteiger partial charge < -0.3 is 25.3 Å². The Hall–Kier alpha value is -2.91. The van der Waals surface area contributed by atoms with Crippen molar-refractivity contribution in [1.82, 2.24) is 20.4 Å². The Balaban J connectivity index is 1.35. The topological polar surface area (TPSA) is 67.9 Å². The second kappa shape index (κ2) is 14.5. The van der Waals surface area contributed by atoms with Gasteiger partial charge in [-0.15, -0.1) is 11.3 Å². The molecule has 208 valence electrons. The molecule has 0 saturated carbocycles. The van der Waals surface area contributed by atoms with Crippen LogP contribution in [0.2, 0.25) is 5.02 Å². The molecule has 0 bridgehead atoms. The number of likely N-dealkylation sites (N-methyl/N-ethyl adjacent to an activating group) is 1. The van der Waals surface area contributed by atoms with Crippen LogP contribution in [0.25, 0.3) is 0 Å². The maximum Gasteiger partial charge on any atom is 0.245 e. The van der Waals surface area contributed by atoms with Crippen molar-refractivity contribution in [2.75, 3.05) is 58.3 Å². The van der Waals surface area contributed by atoms with Crippen molar-refractivity contribution in [2.45, 2.75) is 25.4 Å². The zero-order valence-corrected chi connectivity index (χ0v) is 24.3. The minimum Gasteiger partial charge on any atom is -0.368 e. The van der Waals surface area contributed by atoms with Gasteiger partial charge in [-0.05, 0) is 61.3 Å². The van der Waals surface area contributed by atoms with Crippen molar-refractivity contribution in [1.29, 1.82) is 0 Å². The van der Waals surface area contributed by atoms with E-state index in [1.54, 1.807) is 16.2 Å². The molecule has 0 radical (unpaired) electrons. The maximum absolute atomic E-state index is 13.6. The molecule has 1 fully saturated rings. The van der Waals surface area contributed by atoms with E-state index in [1.165, 1.54) is 16.1 Å². The molecule has 39 heavy (non-hydrogen) atoms. The van der Waals surface area contributed by atoms with Gasteiger partial charge in [0.1, 0.15) is 6.04 Å². The number of nitrogens with one attached hydrogen (secondary N) is 2. The SMILES string of the molecule is CN(C)CC(=O)N[C@H](Cc1ccc(Cl)cc1)C(=O)N1CCN(c2ccccc2CNCCc2cccs2)CC1. The van der Waals surface area contributed by atoms with Crippen LogP contribution >= 0.6 is 22.9 Å². The summed E-state index contributed by atoms with van der Waals surface area (Å²) in [6, 6.07) is 19.6. The van der Waals surface area contributed by atoms with Crippen molar-refractivity contribution >= 4 is 40.4 Å². The lowest BCUT2D eigenvalue weighted by molar-refractivity contribution is -0.136. The number of hydrogen-bond donors (Lipinski definition) is 2. The smallest absolute Gasteiger partial charge is 0.245 e. The minimum atomic E-state index is -0.620. The van der Waals surface area contributed by atoms with Crippen molar-refractivity contribution in [3.05, 3.63) is 87.1 Å². The van der Waals surface area contributed by atoms with E-state index in [1.807, 2.05) is 43.3 Å². The molecule has 1 aromatic heterocycles. The summed E-state index contributed by atoms with van der Waals surface area (Å²) in [5.41, 5.74) is 3.44. The van der Waals surface area contributed by atoms with Crippen molar-refractivity contribution in [3.63, 3.8) is 0 Å². The van der Waals surface area contributed by atoms with Crippen molar-refractivity contribution in [3.8, 4) is 0 Å². The molecule has 2 N–H and O–H groups in total. The Morgan fingerprint density at radius 3 is 2.44 bits per heavy atom. The van der Waals surface area contributed by atoms with Gasteiger partial charge in [-0.2, -0.15) is 0 Å². The van der Waals surface area contributed by atoms with Gasteiger partial charge >= 0.3 is 0 Å². The van der Waals surface area contributed by atoms with E-state index in [-0.39, 0.29) is 18.4 Å². The second-order valence-electron chi connectivity index (χ2n) is 10.1. The molecule has 1 atom stereocenters. The number of para-hydroxylation sites is 1. The van der Waals surface area contributed by atoms with Gasteiger partial charge in [0.25, 0.3) is 0 Å². The number of halogens is 1. The molecular weight excluding hydrogens is 530 g/mol. The molecule has 2 heterocycles. The summed E-state index contributed by atoms with van der Waals surface area (Å²) < 4.78 is 0. The fourth-order valence-electron chi connectivity index (χ4n) is 4.83. The monoisotopic (exact) mass is 567 g/mol. The molecule has 0 aliphatic carbocycles. The highest BCUT2D eigenvalue weighted by Crippen LogP contribution is 2.22. The molecule has 0 spiro atoms. The number of benzene rings is 2. The van der Waals surface area contributed by atoms with Crippen LogP contribution in [-0.4, -0.2) is 81.0 Å². The predicted molar refractivity (Wildman–Crippen MR) is 161 cm³/mol. The molecule has 9 heteroatoms. The van der Waals surface area contributed by atoms with Gasteiger partial charge in [-0.25, -0.2) is 0 Å². The van der Waals surface area contributed by atoms with E-state index < -0.39 is 6.04 Å². The van der Waals surface area contributed by atoms with Crippen molar-refractivity contribution < 1.29 is 9.59 Å². The lowest BCUT2D eigenvalue weighted by Crippen LogP contribution is -2.56. The highest BCUT2D eigenvalue weighted by atomic mass is 35.5. The number of thiophene rings is 1. The van der Waals surface area contributed by atoms with E-state index >= 15 is 0 Å². The van der Waals surface area contributed by atoms with E-state index in [0.717, 1.165) is 38.2 Å². The lowest BCUT2D eigenvalue weighted by Gasteiger charge is -2.38. The number of piperazine rings is 1. The number of hydrogen-bond acceptors (Lipinski definition) is 6. The largest absolute Gasteiger partial charge is 0.368 e. The predicted octanol–water partition coefficient (Wildman–Crippen LogP) is 3.67. The summed E-state index contributed by atoms with van der Waals surface area (Å²) in [4.78, 5) is 33.6. The Labute approximate surface area is 240 Å². The maximum atomic E-state index is 13.6. The van der Waals surface area contributed by atoms with E-state index in [4.69, 9.17) is 11.6 Å². The summed E-state index contributed by atoms with van der Waals surface area (Å²) >= 11 is 7.84. The number of amides is 2. The van der Waals surface area contributed by atoms with Gasteiger partial charge in [-0.3, -0.25) is 9.59 Å². The fourth-order valence-corrected chi connectivity index (χ4v) is 5.66. The molecule has 2 amide bonds. The molecular formula is C30H38ClN5O2S. The molecule has 1 aliphatic heterocycles. The summed E-state index contributed by atoms with van der Waals surface area (Å²) in [5, 5.41) is 9.32. The molecule has 3 aromatic rings. The van der Waals surface area contributed by atoms with Gasteiger partial charge in [0, 0.05) is 61.3 Å². The number of carbonyl (C=O) groups excluding carboxylic acids is 2. The lowest BCUT2D eigenvalue weighted by atomic mass is 10.0. The van der Waals surface area contributed by atoms with Crippen LogP contribution in [0.3, 0.4) is 0 Å². The zero-order valence-electron chi connectivity index (χ0n) is 22.7. The van der Waals surface area contributed by atoms with Crippen LogP contribution in [-0.2, 0) is 29.0 Å². The first-order valence-corrected chi connectivity index (χ1v) is 14.7. The van der Waals surface area contributed by atoms with E-state index in [2.05, 4.69) is 57.3 Å². The molecule has 1 saturated heterocycles. The Morgan fingerprint density at radius 1 is 1.00 bits per heavy atom. The Morgan fingerprint density at radius 2 is 1.74 bits per heavy atom. The third kappa shape index (κ3) is 8.80. The summed E-state index contributed by atoms with van der Waals surface area (Å²) in [7, 11) is 3.68. The van der Waals surface area contributed by atoms with Gasteiger partial charge in [0.05, 0.1) is 6.54 Å². The molecule has 1 aliphatic rings.